The Labute approximate surface area is 308 Å². The number of nitrogens with zero attached hydrogens (tertiary/aromatic N) is 6. The van der Waals surface area contributed by atoms with Crippen LogP contribution >= 0.6 is 0 Å². The summed E-state index contributed by atoms with van der Waals surface area (Å²) < 4.78 is 0. The summed E-state index contributed by atoms with van der Waals surface area (Å²) in [5, 5.41) is 14.4. The van der Waals surface area contributed by atoms with Crippen molar-refractivity contribution in [1.82, 2.24) is 40.8 Å². The second kappa shape index (κ2) is 18.4. The molecule has 0 spiro atoms. The van der Waals surface area contributed by atoms with E-state index in [-0.39, 0.29) is 28.3 Å². The van der Waals surface area contributed by atoms with Crippen LogP contribution in [-0.2, 0) is 0 Å². The van der Waals surface area contributed by atoms with Crippen molar-refractivity contribution in [3.05, 3.63) is 11.9 Å². The SMILES string of the molecule is CCCCN(C1=CC(N(CCCC)C2CC(C)(C)N(C)C(C)(C)C2)=NN(C(N)CCNCCNCCCN)N1)C1CC(C)(C)N(C)C(C)(C)C1. The third-order valence-corrected chi connectivity index (χ3v) is 12.2. The number of hydrazine groups is 1. The molecule has 3 aliphatic heterocycles. The number of unbranched alkanes of at least 4 members (excludes halogenated alkanes) is 2. The second-order valence-corrected chi connectivity index (χ2v) is 18.0. The zero-order chi connectivity index (χ0) is 37.3. The maximum absolute atomic E-state index is 7.03. The number of amidine groups is 1. The van der Waals surface area contributed by atoms with Crippen molar-refractivity contribution in [3.63, 3.8) is 0 Å². The molecule has 3 aliphatic rings. The van der Waals surface area contributed by atoms with Gasteiger partial charge in [0.15, 0.2) is 5.84 Å². The van der Waals surface area contributed by atoms with Crippen molar-refractivity contribution < 1.29 is 0 Å². The van der Waals surface area contributed by atoms with Crippen LogP contribution in [0.3, 0.4) is 0 Å². The van der Waals surface area contributed by atoms with Crippen LogP contribution in [0.5, 0.6) is 0 Å². The highest BCUT2D eigenvalue weighted by Gasteiger charge is 2.47. The van der Waals surface area contributed by atoms with Crippen LogP contribution in [0, 0.1) is 0 Å². The minimum Gasteiger partial charge on any atom is -0.354 e. The Morgan fingerprint density at radius 3 is 1.70 bits per heavy atom. The van der Waals surface area contributed by atoms with Crippen LogP contribution < -0.4 is 27.5 Å². The summed E-state index contributed by atoms with van der Waals surface area (Å²) in [6.45, 7) is 30.2. The molecule has 1 atom stereocenters. The van der Waals surface area contributed by atoms with Crippen LogP contribution in [0.25, 0.3) is 0 Å². The van der Waals surface area contributed by atoms with E-state index in [0.717, 1.165) is 122 Å². The number of likely N-dealkylation sites (tertiary alicyclic amines) is 2. The molecule has 0 amide bonds. The summed E-state index contributed by atoms with van der Waals surface area (Å²) >= 11 is 0. The summed E-state index contributed by atoms with van der Waals surface area (Å²) in [6, 6.07) is 0.784. The Bertz CT molecular complexity index is 1050. The minimum absolute atomic E-state index is 0.0796. The Morgan fingerprint density at radius 2 is 1.22 bits per heavy atom. The Kier molecular flexibility index (Phi) is 15.8. The molecule has 7 N–H and O–H groups in total. The molecule has 0 aliphatic carbocycles. The molecule has 0 radical (unpaired) electrons. The van der Waals surface area contributed by atoms with Gasteiger partial charge in [0.1, 0.15) is 12.0 Å². The van der Waals surface area contributed by atoms with Gasteiger partial charge in [0.25, 0.3) is 0 Å². The first-order valence-electron chi connectivity index (χ1n) is 20.1. The molecule has 1 unspecified atom stereocenters. The second-order valence-electron chi connectivity index (χ2n) is 18.0. The van der Waals surface area contributed by atoms with Crippen molar-refractivity contribution in [3.8, 4) is 0 Å². The van der Waals surface area contributed by atoms with E-state index >= 15 is 0 Å². The van der Waals surface area contributed by atoms with Gasteiger partial charge in [-0.3, -0.25) is 15.2 Å². The van der Waals surface area contributed by atoms with E-state index in [1.54, 1.807) is 0 Å². The van der Waals surface area contributed by atoms with Crippen LogP contribution in [-0.4, -0.2) is 131 Å². The molecule has 11 nitrogen and oxygen atoms in total. The lowest BCUT2D eigenvalue weighted by atomic mass is 9.76. The number of hydrazone groups is 1. The first-order chi connectivity index (χ1) is 23.4. The van der Waals surface area contributed by atoms with Gasteiger partial charge in [-0.1, -0.05) is 26.7 Å². The Hall–Kier alpha value is -1.63. The monoisotopic (exact) mass is 704 g/mol. The average molecular weight is 704 g/mol. The summed E-state index contributed by atoms with van der Waals surface area (Å²) in [5.41, 5.74) is 16.8. The van der Waals surface area contributed by atoms with E-state index < -0.39 is 0 Å². The standard InChI is InChI=1S/C39H81N11/c1-13-15-24-48(31-27-36(3,4)46(11)37(5,6)28-31)34-26-35(45-50(44-34)33(41)18-21-43-23-22-42-20-17-19-40)49(25-16-14-2)32-29-38(7,8)47(12)39(9,10)30-32/h26,31-33,42-44H,13-25,27-30,40-41H2,1-12H3. The maximum Gasteiger partial charge on any atom is 0.154 e. The number of nitrogens with one attached hydrogen (secondary N) is 3. The van der Waals surface area contributed by atoms with Crippen LogP contribution in [0.2, 0.25) is 0 Å². The van der Waals surface area contributed by atoms with Gasteiger partial charge < -0.3 is 31.9 Å². The predicted molar refractivity (Wildman–Crippen MR) is 214 cm³/mol. The van der Waals surface area contributed by atoms with Gasteiger partial charge in [0, 0.05) is 66.5 Å². The van der Waals surface area contributed by atoms with Crippen molar-refractivity contribution in [2.75, 3.05) is 59.9 Å². The van der Waals surface area contributed by atoms with Crippen LogP contribution in [0.4, 0.5) is 0 Å². The lowest BCUT2D eigenvalue weighted by Gasteiger charge is -2.57. The summed E-state index contributed by atoms with van der Waals surface area (Å²) in [7, 11) is 4.60. The molecular formula is C39H81N11. The molecular weight excluding hydrogens is 623 g/mol. The van der Waals surface area contributed by atoms with Crippen molar-refractivity contribution in [1.29, 1.82) is 0 Å². The van der Waals surface area contributed by atoms with Gasteiger partial charge in [-0.05, 0) is 140 Å². The topological polar surface area (TPSA) is 117 Å². The maximum atomic E-state index is 7.03. The fourth-order valence-corrected chi connectivity index (χ4v) is 8.63. The molecule has 0 saturated carbocycles. The van der Waals surface area contributed by atoms with Crippen molar-refractivity contribution in [2.45, 2.75) is 174 Å². The van der Waals surface area contributed by atoms with Crippen molar-refractivity contribution >= 4 is 5.84 Å². The lowest BCUT2D eigenvalue weighted by Crippen LogP contribution is -2.64. The number of hydrogen-bond acceptors (Lipinski definition) is 11. The molecule has 0 aromatic carbocycles. The first kappa shape index (κ1) is 42.8. The third kappa shape index (κ3) is 11.2. The lowest BCUT2D eigenvalue weighted by molar-refractivity contribution is -0.0459. The number of piperidine rings is 2. The summed E-state index contributed by atoms with van der Waals surface area (Å²) in [4.78, 5) is 10.5. The molecule has 292 valence electrons. The zero-order valence-electron chi connectivity index (χ0n) is 34.7. The summed E-state index contributed by atoms with van der Waals surface area (Å²) in [6.07, 6.45) is 12.9. The normalized spacial score (nSPS) is 23.3. The van der Waals surface area contributed by atoms with Gasteiger partial charge in [0.2, 0.25) is 0 Å². The number of nitrogens with two attached hydrogens (primary N) is 2. The molecule has 3 rings (SSSR count). The molecule has 2 saturated heterocycles. The van der Waals surface area contributed by atoms with E-state index in [4.69, 9.17) is 16.6 Å². The average Bonchev–Trinajstić information content (AvgIpc) is 3.03. The quantitative estimate of drug-likeness (QED) is 0.122. The molecule has 2 fully saturated rings. The highest BCUT2D eigenvalue weighted by Crippen LogP contribution is 2.41. The number of hydrogen-bond donors (Lipinski definition) is 5. The minimum atomic E-state index is -0.275. The van der Waals surface area contributed by atoms with Crippen LogP contribution in [0.15, 0.2) is 17.0 Å². The molecule has 0 aromatic rings. The zero-order valence-corrected chi connectivity index (χ0v) is 34.7. The fraction of sp³-hybridized carbons (Fsp3) is 0.923. The van der Waals surface area contributed by atoms with Crippen LogP contribution in [0.1, 0.15) is 133 Å². The highest BCUT2D eigenvalue weighted by molar-refractivity contribution is 5.94. The number of rotatable bonds is 19. The molecule has 3 heterocycles. The van der Waals surface area contributed by atoms with Crippen molar-refractivity contribution in [2.24, 2.45) is 16.6 Å². The van der Waals surface area contributed by atoms with Gasteiger partial charge >= 0.3 is 0 Å². The molecule has 0 aromatic heterocycles. The van der Waals surface area contributed by atoms with E-state index in [1.807, 2.05) is 5.12 Å². The van der Waals surface area contributed by atoms with Gasteiger partial charge in [-0.15, -0.1) is 5.10 Å². The third-order valence-electron chi connectivity index (χ3n) is 12.2. The van der Waals surface area contributed by atoms with Gasteiger partial charge in [-0.2, -0.15) is 5.12 Å². The molecule has 50 heavy (non-hydrogen) atoms. The van der Waals surface area contributed by atoms with E-state index in [2.05, 4.69) is 125 Å². The van der Waals surface area contributed by atoms with Gasteiger partial charge in [0.05, 0.1) is 0 Å². The Morgan fingerprint density at radius 1 is 0.760 bits per heavy atom. The Balaban J connectivity index is 1.99. The molecule has 11 heteroatoms. The first-order valence-corrected chi connectivity index (χ1v) is 20.1. The highest BCUT2D eigenvalue weighted by atomic mass is 15.8. The van der Waals surface area contributed by atoms with Gasteiger partial charge in [-0.25, -0.2) is 0 Å². The van der Waals surface area contributed by atoms with E-state index in [9.17, 15) is 0 Å². The molecule has 0 bridgehead atoms. The van der Waals surface area contributed by atoms with E-state index in [0.29, 0.717) is 12.1 Å². The summed E-state index contributed by atoms with van der Waals surface area (Å²) in [5.74, 6) is 2.19. The smallest absolute Gasteiger partial charge is 0.154 e. The fourth-order valence-electron chi connectivity index (χ4n) is 8.63. The largest absolute Gasteiger partial charge is 0.354 e. The predicted octanol–water partition coefficient (Wildman–Crippen LogP) is 4.67. The van der Waals surface area contributed by atoms with E-state index in [1.165, 1.54) is 0 Å².